The molecule has 2 unspecified atom stereocenters. The highest BCUT2D eigenvalue weighted by Gasteiger charge is 2.45. The van der Waals surface area contributed by atoms with E-state index in [-0.39, 0.29) is 24.0 Å². The molecule has 0 aliphatic carbocycles. The maximum absolute atomic E-state index is 12.5. The van der Waals surface area contributed by atoms with Crippen LogP contribution >= 0.6 is 0 Å². The Morgan fingerprint density at radius 2 is 1.88 bits per heavy atom. The van der Waals surface area contributed by atoms with Crippen molar-refractivity contribution in [2.45, 2.75) is 43.8 Å². The van der Waals surface area contributed by atoms with Crippen LogP contribution in [0.2, 0.25) is 0 Å². The van der Waals surface area contributed by atoms with Gasteiger partial charge in [-0.3, -0.25) is 4.79 Å². The van der Waals surface area contributed by atoms with Gasteiger partial charge >= 0.3 is 0 Å². The molecule has 1 aromatic carbocycles. The third-order valence-corrected chi connectivity index (χ3v) is 6.40. The van der Waals surface area contributed by atoms with E-state index in [0.29, 0.717) is 24.2 Å². The lowest BCUT2D eigenvalue weighted by Crippen LogP contribution is -2.52. The van der Waals surface area contributed by atoms with E-state index in [1.165, 1.54) is 6.26 Å². The monoisotopic (exact) mass is 348 g/mol. The Labute approximate surface area is 140 Å². The molecule has 24 heavy (non-hydrogen) atoms. The summed E-state index contributed by atoms with van der Waals surface area (Å²) < 4.78 is 31.1. The van der Waals surface area contributed by atoms with Gasteiger partial charge in [0, 0.05) is 23.5 Å². The van der Waals surface area contributed by atoms with Crippen LogP contribution in [0.3, 0.4) is 0 Å². The number of carbonyl (C=O) groups is 1. The highest BCUT2D eigenvalue weighted by atomic mass is 32.2. The summed E-state index contributed by atoms with van der Waals surface area (Å²) in [4.78, 5) is 12.5. The lowest BCUT2D eigenvalue weighted by atomic mass is 9.99. The highest BCUT2D eigenvalue weighted by molar-refractivity contribution is 7.88. The first-order valence-corrected chi connectivity index (χ1v) is 10.0. The molecule has 0 spiro atoms. The average Bonchev–Trinajstić information content (AvgIpc) is 3.06. The quantitative estimate of drug-likeness (QED) is 0.921. The average molecular weight is 348 g/mol. The van der Waals surface area contributed by atoms with E-state index < -0.39 is 10.0 Å². The number of nitrogens with one attached hydrogen (secondary N) is 1. The van der Waals surface area contributed by atoms with E-state index in [1.807, 2.05) is 24.3 Å². The zero-order valence-electron chi connectivity index (χ0n) is 13.4. The maximum atomic E-state index is 12.5. The number of hydrogen-bond acceptors (Lipinski definition) is 4. The number of para-hydroxylation sites is 1. The molecule has 0 saturated carbocycles. The van der Waals surface area contributed by atoms with Crippen molar-refractivity contribution < 1.29 is 17.6 Å². The SMILES string of the molecule is CS(=O)(=O)N1C2CCC1CC(NC(=O)c1cc3ccccc3o1)C2. The molecule has 2 fully saturated rings. The molecule has 1 amide bonds. The minimum Gasteiger partial charge on any atom is -0.451 e. The number of benzene rings is 1. The minimum atomic E-state index is -3.18. The minimum absolute atomic E-state index is 0.000256. The largest absolute Gasteiger partial charge is 0.451 e. The molecule has 2 aliphatic rings. The summed E-state index contributed by atoms with van der Waals surface area (Å²) in [5.74, 6) is 0.0671. The van der Waals surface area contributed by atoms with Gasteiger partial charge in [0.2, 0.25) is 10.0 Å². The number of carbonyl (C=O) groups excluding carboxylic acids is 1. The van der Waals surface area contributed by atoms with Gasteiger partial charge in [0.25, 0.3) is 5.91 Å². The van der Waals surface area contributed by atoms with E-state index >= 15 is 0 Å². The van der Waals surface area contributed by atoms with Crippen molar-refractivity contribution in [3.05, 3.63) is 36.1 Å². The molecule has 0 radical (unpaired) electrons. The summed E-state index contributed by atoms with van der Waals surface area (Å²) in [6.07, 6.45) is 4.33. The summed E-state index contributed by atoms with van der Waals surface area (Å²) >= 11 is 0. The maximum Gasteiger partial charge on any atom is 0.287 e. The molecule has 1 N–H and O–H groups in total. The van der Waals surface area contributed by atoms with Crippen molar-refractivity contribution in [1.29, 1.82) is 0 Å². The first kappa shape index (κ1) is 15.7. The van der Waals surface area contributed by atoms with Crippen LogP contribution in [0.5, 0.6) is 0 Å². The number of fused-ring (bicyclic) bond motifs is 3. The van der Waals surface area contributed by atoms with E-state index in [2.05, 4.69) is 5.32 Å². The van der Waals surface area contributed by atoms with Crippen LogP contribution in [0, 0.1) is 0 Å². The van der Waals surface area contributed by atoms with Gasteiger partial charge in [-0.05, 0) is 37.8 Å². The zero-order chi connectivity index (χ0) is 16.9. The van der Waals surface area contributed by atoms with E-state index in [9.17, 15) is 13.2 Å². The fourth-order valence-electron chi connectivity index (χ4n) is 4.14. The summed E-state index contributed by atoms with van der Waals surface area (Å²) in [6.45, 7) is 0. The molecule has 7 heteroatoms. The van der Waals surface area contributed by atoms with Gasteiger partial charge in [0.05, 0.1) is 6.26 Å². The smallest absolute Gasteiger partial charge is 0.287 e. The van der Waals surface area contributed by atoms with Crippen molar-refractivity contribution in [1.82, 2.24) is 9.62 Å². The predicted molar refractivity (Wildman–Crippen MR) is 90.2 cm³/mol. The Hall–Kier alpha value is -1.86. The number of piperidine rings is 1. The normalized spacial score (nSPS) is 27.5. The van der Waals surface area contributed by atoms with Gasteiger partial charge < -0.3 is 9.73 Å². The van der Waals surface area contributed by atoms with Crippen molar-refractivity contribution >= 4 is 26.9 Å². The van der Waals surface area contributed by atoms with Crippen LogP contribution in [-0.2, 0) is 10.0 Å². The van der Waals surface area contributed by atoms with Crippen molar-refractivity contribution in [3.8, 4) is 0 Å². The molecule has 4 rings (SSSR count). The van der Waals surface area contributed by atoms with E-state index in [4.69, 9.17) is 4.42 Å². The van der Waals surface area contributed by atoms with Gasteiger partial charge in [-0.15, -0.1) is 0 Å². The highest BCUT2D eigenvalue weighted by Crippen LogP contribution is 2.37. The molecule has 2 saturated heterocycles. The topological polar surface area (TPSA) is 79.6 Å². The predicted octanol–water partition coefficient (Wildman–Crippen LogP) is 2.12. The Bertz CT molecular complexity index is 842. The molecule has 1 aromatic heterocycles. The third kappa shape index (κ3) is 2.71. The molecule has 6 nitrogen and oxygen atoms in total. The number of nitrogens with zero attached hydrogens (tertiary/aromatic N) is 1. The first-order chi connectivity index (χ1) is 11.4. The summed E-state index contributed by atoms with van der Waals surface area (Å²) in [6, 6.07) is 9.23. The molecular formula is C17H20N2O4S. The molecule has 2 aliphatic heterocycles. The van der Waals surface area contributed by atoms with Crippen molar-refractivity contribution in [3.63, 3.8) is 0 Å². The number of sulfonamides is 1. The Balaban J connectivity index is 1.48. The van der Waals surface area contributed by atoms with Gasteiger partial charge in [0.15, 0.2) is 5.76 Å². The molecule has 3 heterocycles. The van der Waals surface area contributed by atoms with Crippen molar-refractivity contribution in [2.75, 3.05) is 6.26 Å². The fourth-order valence-corrected chi connectivity index (χ4v) is 5.61. The van der Waals surface area contributed by atoms with Crippen LogP contribution in [-0.4, -0.2) is 43.0 Å². The summed E-state index contributed by atoms with van der Waals surface area (Å²) in [5.41, 5.74) is 0.689. The van der Waals surface area contributed by atoms with E-state index in [1.54, 1.807) is 10.4 Å². The second kappa shape index (κ2) is 5.60. The Kier molecular flexibility index (Phi) is 3.65. The standard InChI is InChI=1S/C17H20N2O4S/c1-24(21,22)19-13-6-7-14(19)10-12(9-13)18-17(20)16-8-11-4-2-3-5-15(11)23-16/h2-5,8,12-14H,6-7,9-10H2,1H3,(H,18,20). The van der Waals surface area contributed by atoms with Crippen LogP contribution in [0.25, 0.3) is 11.0 Å². The lowest BCUT2D eigenvalue weighted by molar-refractivity contribution is 0.0883. The second-order valence-electron chi connectivity index (χ2n) is 6.77. The Morgan fingerprint density at radius 3 is 2.50 bits per heavy atom. The summed E-state index contributed by atoms with van der Waals surface area (Å²) in [7, 11) is -3.18. The number of rotatable bonds is 3. The first-order valence-electron chi connectivity index (χ1n) is 8.20. The zero-order valence-corrected chi connectivity index (χ0v) is 14.3. The fraction of sp³-hybridized carbons (Fsp3) is 0.471. The van der Waals surface area contributed by atoms with Crippen LogP contribution in [0.1, 0.15) is 36.2 Å². The lowest BCUT2D eigenvalue weighted by Gasteiger charge is -2.37. The van der Waals surface area contributed by atoms with Crippen LogP contribution in [0.15, 0.2) is 34.7 Å². The van der Waals surface area contributed by atoms with Gasteiger partial charge in [-0.25, -0.2) is 8.42 Å². The summed E-state index contributed by atoms with van der Waals surface area (Å²) in [5, 5.41) is 3.91. The van der Waals surface area contributed by atoms with E-state index in [0.717, 1.165) is 18.2 Å². The van der Waals surface area contributed by atoms with Gasteiger partial charge in [0.1, 0.15) is 5.58 Å². The molecule has 128 valence electrons. The molecule has 2 atom stereocenters. The second-order valence-corrected chi connectivity index (χ2v) is 8.66. The molecule has 2 aromatic rings. The third-order valence-electron chi connectivity index (χ3n) is 5.03. The number of furan rings is 1. The van der Waals surface area contributed by atoms with Crippen molar-refractivity contribution in [2.24, 2.45) is 0 Å². The molecular weight excluding hydrogens is 328 g/mol. The Morgan fingerprint density at radius 1 is 1.21 bits per heavy atom. The number of amides is 1. The van der Waals surface area contributed by atoms with Gasteiger partial charge in [-0.2, -0.15) is 4.31 Å². The van der Waals surface area contributed by atoms with Crippen LogP contribution < -0.4 is 5.32 Å². The number of hydrogen-bond donors (Lipinski definition) is 1. The van der Waals surface area contributed by atoms with Crippen LogP contribution in [0.4, 0.5) is 0 Å². The molecule has 2 bridgehead atoms. The van der Waals surface area contributed by atoms with Gasteiger partial charge in [-0.1, -0.05) is 18.2 Å².